The maximum absolute atomic E-state index is 11.8. The first-order chi connectivity index (χ1) is 13.6. The van der Waals surface area contributed by atoms with Crippen LogP contribution in [0.15, 0.2) is 34.9 Å². The number of fused-ring (bicyclic) bond motifs is 2. The molecule has 2 N–H and O–H groups in total. The maximum Gasteiger partial charge on any atom is 0.318 e. The number of hydrogen-bond donors (Lipinski definition) is 2. The van der Waals surface area contributed by atoms with Gasteiger partial charge in [-0.2, -0.15) is 0 Å². The maximum atomic E-state index is 11.8. The highest BCUT2D eigenvalue weighted by molar-refractivity contribution is 5.93. The second-order valence-corrected chi connectivity index (χ2v) is 9.99. The standard InChI is InChI=1S/C25H36O4/c1-15-5-8-18-16(2)6-9-19(18)17(3)7-10-21-20(22(23(26)27)24(28)29)12-14-25(21,4)13-11-15/h7-8,11,16,19-22H,5-6,9-10,12-14H2,1-4H3,(H,26,27)(H,28,29)/b15-11+,17-7-,18-8-/t16-,19-,20+,21+,25+/m0/s1. The van der Waals surface area contributed by atoms with Crippen LogP contribution in [-0.4, -0.2) is 22.2 Å². The summed E-state index contributed by atoms with van der Waals surface area (Å²) in [6, 6.07) is 0. The third-order valence-electron chi connectivity index (χ3n) is 8.10. The summed E-state index contributed by atoms with van der Waals surface area (Å²) in [7, 11) is 0. The molecule has 2 saturated carbocycles. The number of carbonyl (C=O) groups is 2. The first kappa shape index (κ1) is 21.9. The van der Waals surface area contributed by atoms with Crippen LogP contribution in [0.4, 0.5) is 0 Å². The Kier molecular flexibility index (Phi) is 6.40. The van der Waals surface area contributed by atoms with Gasteiger partial charge in [0, 0.05) is 5.92 Å². The van der Waals surface area contributed by atoms with E-state index in [4.69, 9.17) is 0 Å². The summed E-state index contributed by atoms with van der Waals surface area (Å²) in [6.07, 6.45) is 13.6. The van der Waals surface area contributed by atoms with Gasteiger partial charge in [0.2, 0.25) is 0 Å². The molecule has 3 aliphatic carbocycles. The van der Waals surface area contributed by atoms with Crippen LogP contribution in [0.25, 0.3) is 0 Å². The number of carboxylic acids is 2. The van der Waals surface area contributed by atoms with Gasteiger partial charge in [-0.05, 0) is 82.0 Å². The molecule has 0 amide bonds. The molecule has 0 aromatic heterocycles. The van der Waals surface area contributed by atoms with E-state index in [1.54, 1.807) is 5.57 Å². The van der Waals surface area contributed by atoms with Gasteiger partial charge in [-0.15, -0.1) is 0 Å². The second kappa shape index (κ2) is 8.49. The minimum atomic E-state index is -1.31. The van der Waals surface area contributed by atoms with Crippen molar-refractivity contribution >= 4 is 11.9 Å². The Morgan fingerprint density at radius 1 is 1.07 bits per heavy atom. The number of carboxylic acid groups (broad SMARTS) is 2. The SMILES string of the molecule is C/C1=C/C[C@@H]2[C@H](C(C(=O)O)C(=O)O)CC[C@@]2(C)C/C=C(\C)C/C=C2\[C@H]1CC[C@@H]2C. The van der Waals surface area contributed by atoms with Crippen molar-refractivity contribution in [2.75, 3.05) is 0 Å². The molecule has 3 aliphatic rings. The molecular weight excluding hydrogens is 364 g/mol. The quantitative estimate of drug-likeness (QED) is 0.460. The van der Waals surface area contributed by atoms with Gasteiger partial charge in [-0.1, -0.05) is 48.8 Å². The highest BCUT2D eigenvalue weighted by Crippen LogP contribution is 2.54. The van der Waals surface area contributed by atoms with Crippen molar-refractivity contribution < 1.29 is 19.8 Å². The predicted octanol–water partition coefficient (Wildman–Crippen LogP) is 5.85. The fraction of sp³-hybridized carbons (Fsp3) is 0.680. The third-order valence-corrected chi connectivity index (χ3v) is 8.10. The number of rotatable bonds is 3. The van der Waals surface area contributed by atoms with Gasteiger partial charge in [-0.3, -0.25) is 9.59 Å². The van der Waals surface area contributed by atoms with Crippen molar-refractivity contribution in [3.63, 3.8) is 0 Å². The topological polar surface area (TPSA) is 74.6 Å². The van der Waals surface area contributed by atoms with E-state index < -0.39 is 17.9 Å². The van der Waals surface area contributed by atoms with E-state index >= 15 is 0 Å². The van der Waals surface area contributed by atoms with Crippen LogP contribution in [0, 0.1) is 35.0 Å². The van der Waals surface area contributed by atoms with Gasteiger partial charge >= 0.3 is 11.9 Å². The van der Waals surface area contributed by atoms with Crippen LogP contribution in [0.1, 0.15) is 72.6 Å². The summed E-state index contributed by atoms with van der Waals surface area (Å²) >= 11 is 0. The van der Waals surface area contributed by atoms with Gasteiger partial charge in [0.15, 0.2) is 5.92 Å². The molecule has 2 fully saturated rings. The van der Waals surface area contributed by atoms with Crippen LogP contribution in [0.2, 0.25) is 0 Å². The van der Waals surface area contributed by atoms with Gasteiger partial charge in [0.1, 0.15) is 0 Å². The molecule has 0 aromatic rings. The highest BCUT2D eigenvalue weighted by Gasteiger charge is 2.50. The molecule has 0 aromatic carbocycles. The van der Waals surface area contributed by atoms with E-state index in [0.717, 1.165) is 25.7 Å². The molecule has 4 nitrogen and oxygen atoms in total. The van der Waals surface area contributed by atoms with Gasteiger partial charge in [0.25, 0.3) is 0 Å². The lowest BCUT2D eigenvalue weighted by molar-refractivity contribution is -0.158. The summed E-state index contributed by atoms with van der Waals surface area (Å²) in [5, 5.41) is 19.2. The van der Waals surface area contributed by atoms with Crippen molar-refractivity contribution in [2.45, 2.75) is 72.6 Å². The minimum absolute atomic E-state index is 0.0550. The predicted molar refractivity (Wildman–Crippen MR) is 114 cm³/mol. The van der Waals surface area contributed by atoms with E-state index in [0.29, 0.717) is 18.3 Å². The van der Waals surface area contributed by atoms with E-state index in [1.165, 1.54) is 24.0 Å². The lowest BCUT2D eigenvalue weighted by atomic mass is 9.69. The Morgan fingerprint density at radius 2 is 1.76 bits per heavy atom. The molecule has 0 bridgehead atoms. The van der Waals surface area contributed by atoms with Crippen molar-refractivity contribution in [2.24, 2.45) is 35.0 Å². The van der Waals surface area contributed by atoms with E-state index in [-0.39, 0.29) is 17.3 Å². The van der Waals surface area contributed by atoms with Crippen molar-refractivity contribution in [1.29, 1.82) is 0 Å². The van der Waals surface area contributed by atoms with Crippen LogP contribution < -0.4 is 0 Å². The summed E-state index contributed by atoms with van der Waals surface area (Å²) in [5.74, 6) is -2.83. The van der Waals surface area contributed by atoms with Crippen LogP contribution in [0.3, 0.4) is 0 Å². The lowest BCUT2D eigenvalue weighted by Crippen LogP contribution is -2.36. The Labute approximate surface area is 174 Å². The first-order valence-corrected chi connectivity index (χ1v) is 11.1. The zero-order valence-electron chi connectivity index (χ0n) is 18.3. The molecule has 160 valence electrons. The summed E-state index contributed by atoms with van der Waals surface area (Å²) in [5.41, 5.74) is 4.22. The Hall–Kier alpha value is -1.84. The molecule has 0 spiro atoms. The molecule has 0 saturated heterocycles. The molecule has 4 heteroatoms. The molecule has 5 atom stereocenters. The molecule has 29 heavy (non-hydrogen) atoms. The summed E-state index contributed by atoms with van der Waals surface area (Å²) < 4.78 is 0. The minimum Gasteiger partial charge on any atom is -0.481 e. The highest BCUT2D eigenvalue weighted by atomic mass is 16.4. The number of aliphatic carboxylic acids is 2. The molecule has 3 rings (SSSR count). The van der Waals surface area contributed by atoms with Gasteiger partial charge < -0.3 is 10.2 Å². The van der Waals surface area contributed by atoms with Crippen LogP contribution >= 0.6 is 0 Å². The first-order valence-electron chi connectivity index (χ1n) is 11.1. The average Bonchev–Trinajstić information content (AvgIpc) is 3.16. The van der Waals surface area contributed by atoms with Crippen LogP contribution in [-0.2, 0) is 9.59 Å². The van der Waals surface area contributed by atoms with Gasteiger partial charge in [0.05, 0.1) is 0 Å². The normalized spacial score (nSPS) is 40.9. The summed E-state index contributed by atoms with van der Waals surface area (Å²) in [4.78, 5) is 23.5. The zero-order chi connectivity index (χ0) is 21.3. The van der Waals surface area contributed by atoms with E-state index in [2.05, 4.69) is 45.9 Å². The van der Waals surface area contributed by atoms with Crippen molar-refractivity contribution in [3.8, 4) is 0 Å². The lowest BCUT2D eigenvalue weighted by Gasteiger charge is -2.35. The fourth-order valence-electron chi connectivity index (χ4n) is 6.14. The Morgan fingerprint density at radius 3 is 2.41 bits per heavy atom. The fourth-order valence-corrected chi connectivity index (χ4v) is 6.14. The molecule has 0 heterocycles. The smallest absolute Gasteiger partial charge is 0.318 e. The zero-order valence-corrected chi connectivity index (χ0v) is 18.3. The molecule has 0 unspecified atom stereocenters. The Balaban J connectivity index is 1.99. The van der Waals surface area contributed by atoms with Crippen molar-refractivity contribution in [1.82, 2.24) is 0 Å². The molecule has 0 aliphatic heterocycles. The summed E-state index contributed by atoms with van der Waals surface area (Å²) in [6.45, 7) is 8.94. The third kappa shape index (κ3) is 4.36. The van der Waals surface area contributed by atoms with E-state index in [1.807, 2.05) is 0 Å². The molecular formula is C25H36O4. The monoisotopic (exact) mass is 400 g/mol. The number of hydrogen-bond acceptors (Lipinski definition) is 2. The average molecular weight is 401 g/mol. The van der Waals surface area contributed by atoms with Crippen LogP contribution in [0.5, 0.6) is 0 Å². The number of allylic oxidation sites excluding steroid dienone is 6. The van der Waals surface area contributed by atoms with E-state index in [9.17, 15) is 19.8 Å². The second-order valence-electron chi connectivity index (χ2n) is 9.99. The molecule has 0 radical (unpaired) electrons. The Bertz CT molecular complexity index is 745. The largest absolute Gasteiger partial charge is 0.481 e. The van der Waals surface area contributed by atoms with Crippen molar-refractivity contribution in [3.05, 3.63) is 34.9 Å². The van der Waals surface area contributed by atoms with Gasteiger partial charge in [-0.25, -0.2) is 0 Å².